The fourth-order valence-corrected chi connectivity index (χ4v) is 3.48. The number of amides is 1. The molecule has 0 bridgehead atoms. The zero-order valence-corrected chi connectivity index (χ0v) is 14.5. The molecule has 130 valence electrons. The molecule has 0 spiro atoms. The SMILES string of the molecule is O=C(N[C@@H]1CCOc2ccccc21)c1nc(N2CCCC2)ncc1Cl. The van der Waals surface area contributed by atoms with Gasteiger partial charge in [0.25, 0.3) is 5.91 Å². The van der Waals surface area contributed by atoms with Crippen LogP contribution < -0.4 is 15.0 Å². The Morgan fingerprint density at radius 1 is 1.28 bits per heavy atom. The van der Waals surface area contributed by atoms with Gasteiger partial charge in [-0.25, -0.2) is 9.97 Å². The van der Waals surface area contributed by atoms with Crippen LogP contribution in [0.5, 0.6) is 5.75 Å². The van der Waals surface area contributed by atoms with E-state index in [-0.39, 0.29) is 22.7 Å². The van der Waals surface area contributed by atoms with Crippen LogP contribution in [0.15, 0.2) is 30.5 Å². The van der Waals surface area contributed by atoms with E-state index < -0.39 is 0 Å². The molecule has 1 amide bonds. The number of hydrogen-bond donors (Lipinski definition) is 1. The molecule has 1 aromatic carbocycles. The van der Waals surface area contributed by atoms with Crippen molar-refractivity contribution in [1.82, 2.24) is 15.3 Å². The van der Waals surface area contributed by atoms with E-state index in [1.807, 2.05) is 24.3 Å². The van der Waals surface area contributed by atoms with Gasteiger partial charge < -0.3 is 15.0 Å². The first-order valence-electron chi connectivity index (χ1n) is 8.52. The van der Waals surface area contributed by atoms with Gasteiger partial charge in [0.05, 0.1) is 23.9 Å². The Morgan fingerprint density at radius 3 is 2.92 bits per heavy atom. The Kier molecular flexibility index (Phi) is 4.44. The first-order chi connectivity index (χ1) is 12.2. The maximum absolute atomic E-state index is 12.8. The number of carbonyl (C=O) groups excluding carboxylic acids is 1. The maximum atomic E-state index is 12.8. The number of rotatable bonds is 3. The van der Waals surface area contributed by atoms with E-state index in [9.17, 15) is 4.79 Å². The fourth-order valence-electron chi connectivity index (χ4n) is 3.31. The third-order valence-electron chi connectivity index (χ3n) is 4.60. The number of aromatic nitrogens is 2. The zero-order valence-electron chi connectivity index (χ0n) is 13.7. The molecule has 1 atom stereocenters. The lowest BCUT2D eigenvalue weighted by molar-refractivity contribution is 0.0920. The van der Waals surface area contributed by atoms with Gasteiger partial charge in [-0.15, -0.1) is 0 Å². The summed E-state index contributed by atoms with van der Waals surface area (Å²) in [7, 11) is 0. The van der Waals surface area contributed by atoms with Crippen molar-refractivity contribution < 1.29 is 9.53 Å². The van der Waals surface area contributed by atoms with Gasteiger partial charge >= 0.3 is 0 Å². The maximum Gasteiger partial charge on any atom is 0.272 e. The van der Waals surface area contributed by atoms with Gasteiger partial charge in [-0.05, 0) is 18.9 Å². The summed E-state index contributed by atoms with van der Waals surface area (Å²) in [6, 6.07) is 7.63. The van der Waals surface area contributed by atoms with Crippen LogP contribution in [0.3, 0.4) is 0 Å². The largest absolute Gasteiger partial charge is 0.493 e. The first-order valence-corrected chi connectivity index (χ1v) is 8.90. The van der Waals surface area contributed by atoms with E-state index in [0.717, 1.165) is 37.2 Å². The Morgan fingerprint density at radius 2 is 2.08 bits per heavy atom. The van der Waals surface area contributed by atoms with E-state index in [0.29, 0.717) is 19.0 Å². The molecule has 0 aliphatic carbocycles. The van der Waals surface area contributed by atoms with Crippen LogP contribution in [-0.2, 0) is 0 Å². The van der Waals surface area contributed by atoms with E-state index in [4.69, 9.17) is 16.3 Å². The highest BCUT2D eigenvalue weighted by atomic mass is 35.5. The number of carbonyl (C=O) groups is 1. The van der Waals surface area contributed by atoms with Crippen LogP contribution in [0.25, 0.3) is 0 Å². The minimum absolute atomic E-state index is 0.112. The standard InChI is InChI=1S/C18H19ClN4O2/c19-13-11-20-18(23-8-3-4-9-23)22-16(13)17(24)21-14-7-10-25-15-6-2-1-5-12(14)15/h1-2,5-6,11,14H,3-4,7-10H2,(H,21,24)/t14-/m1/s1. The van der Waals surface area contributed by atoms with Crippen molar-refractivity contribution in [2.45, 2.75) is 25.3 Å². The Labute approximate surface area is 151 Å². The first kappa shape index (κ1) is 16.1. The lowest BCUT2D eigenvalue weighted by atomic mass is 10.0. The van der Waals surface area contributed by atoms with E-state index >= 15 is 0 Å². The number of halogens is 1. The molecule has 4 rings (SSSR count). The van der Waals surface area contributed by atoms with Gasteiger partial charge in [-0.3, -0.25) is 4.79 Å². The molecular weight excluding hydrogens is 340 g/mol. The number of ether oxygens (including phenoxy) is 1. The minimum Gasteiger partial charge on any atom is -0.493 e. The molecule has 7 heteroatoms. The monoisotopic (exact) mass is 358 g/mol. The molecule has 0 radical (unpaired) electrons. The van der Waals surface area contributed by atoms with Crippen LogP contribution in [-0.4, -0.2) is 35.6 Å². The minimum atomic E-state index is -0.283. The average molecular weight is 359 g/mol. The predicted molar refractivity (Wildman–Crippen MR) is 95.3 cm³/mol. The summed E-state index contributed by atoms with van der Waals surface area (Å²) in [6.45, 7) is 2.39. The van der Waals surface area contributed by atoms with Gasteiger partial charge in [0.2, 0.25) is 5.95 Å². The number of nitrogens with one attached hydrogen (secondary N) is 1. The number of fused-ring (bicyclic) bond motifs is 1. The summed E-state index contributed by atoms with van der Waals surface area (Å²) < 4.78 is 5.64. The summed E-state index contributed by atoms with van der Waals surface area (Å²) in [4.78, 5) is 23.5. The summed E-state index contributed by atoms with van der Waals surface area (Å²) in [5, 5.41) is 3.30. The molecule has 2 aliphatic heterocycles. The summed E-state index contributed by atoms with van der Waals surface area (Å²) in [6.07, 6.45) is 4.46. The molecule has 6 nitrogen and oxygen atoms in total. The molecule has 0 saturated carbocycles. The van der Waals surface area contributed by atoms with Crippen molar-refractivity contribution in [1.29, 1.82) is 0 Å². The number of nitrogens with zero attached hydrogens (tertiary/aromatic N) is 3. The normalized spacial score (nSPS) is 19.2. The van der Waals surface area contributed by atoms with Crippen molar-refractivity contribution in [2.75, 3.05) is 24.6 Å². The smallest absolute Gasteiger partial charge is 0.272 e. The lowest BCUT2D eigenvalue weighted by Gasteiger charge is -2.26. The number of benzene rings is 1. The van der Waals surface area contributed by atoms with E-state index in [2.05, 4.69) is 20.2 Å². The molecule has 1 saturated heterocycles. The quantitative estimate of drug-likeness (QED) is 0.913. The summed E-state index contributed by atoms with van der Waals surface area (Å²) >= 11 is 6.19. The third-order valence-corrected chi connectivity index (χ3v) is 4.88. The van der Waals surface area contributed by atoms with Gasteiger partial charge in [-0.2, -0.15) is 0 Å². The van der Waals surface area contributed by atoms with Gasteiger partial charge in [0, 0.05) is 25.1 Å². The molecule has 1 aromatic heterocycles. The molecule has 1 fully saturated rings. The van der Waals surface area contributed by atoms with Crippen LogP contribution in [0.1, 0.15) is 41.4 Å². The molecule has 3 heterocycles. The topological polar surface area (TPSA) is 67.3 Å². The molecule has 2 aliphatic rings. The summed E-state index contributed by atoms with van der Waals surface area (Å²) in [5.41, 5.74) is 1.20. The zero-order chi connectivity index (χ0) is 17.2. The second-order valence-electron chi connectivity index (χ2n) is 6.26. The van der Waals surface area contributed by atoms with Crippen molar-refractivity contribution >= 4 is 23.5 Å². The molecule has 1 N–H and O–H groups in total. The molecular formula is C18H19ClN4O2. The lowest BCUT2D eigenvalue weighted by Crippen LogP contribution is -2.33. The van der Waals surface area contributed by atoms with E-state index in [1.54, 1.807) is 0 Å². The van der Waals surface area contributed by atoms with Crippen LogP contribution in [0.4, 0.5) is 5.95 Å². The summed E-state index contributed by atoms with van der Waals surface area (Å²) in [5.74, 6) is 1.10. The van der Waals surface area contributed by atoms with Crippen molar-refractivity contribution in [3.63, 3.8) is 0 Å². The van der Waals surface area contributed by atoms with Crippen molar-refractivity contribution in [3.8, 4) is 5.75 Å². The Balaban J connectivity index is 1.56. The second-order valence-corrected chi connectivity index (χ2v) is 6.67. The number of hydrogen-bond acceptors (Lipinski definition) is 5. The molecule has 25 heavy (non-hydrogen) atoms. The number of para-hydroxylation sites is 1. The highest BCUT2D eigenvalue weighted by molar-refractivity contribution is 6.33. The highest BCUT2D eigenvalue weighted by Gasteiger charge is 2.25. The average Bonchev–Trinajstić information content (AvgIpc) is 3.17. The Bertz CT molecular complexity index is 792. The van der Waals surface area contributed by atoms with Gasteiger partial charge in [0.1, 0.15) is 5.75 Å². The third kappa shape index (κ3) is 3.26. The van der Waals surface area contributed by atoms with Crippen molar-refractivity contribution in [3.05, 3.63) is 46.7 Å². The highest BCUT2D eigenvalue weighted by Crippen LogP contribution is 2.32. The van der Waals surface area contributed by atoms with E-state index in [1.165, 1.54) is 6.20 Å². The van der Waals surface area contributed by atoms with Crippen molar-refractivity contribution in [2.24, 2.45) is 0 Å². The molecule has 0 unspecified atom stereocenters. The van der Waals surface area contributed by atoms with Crippen LogP contribution >= 0.6 is 11.6 Å². The predicted octanol–water partition coefficient (Wildman–Crippen LogP) is 2.98. The van der Waals surface area contributed by atoms with Crippen LogP contribution in [0.2, 0.25) is 5.02 Å². The Hall–Kier alpha value is -2.34. The van der Waals surface area contributed by atoms with Crippen LogP contribution in [0, 0.1) is 0 Å². The van der Waals surface area contributed by atoms with Gasteiger partial charge in [-0.1, -0.05) is 29.8 Å². The fraction of sp³-hybridized carbons (Fsp3) is 0.389. The van der Waals surface area contributed by atoms with Gasteiger partial charge in [0.15, 0.2) is 5.69 Å². The second kappa shape index (κ2) is 6.88. The molecule has 2 aromatic rings. The number of anilines is 1.